The van der Waals surface area contributed by atoms with Gasteiger partial charge in [0.05, 0.1) is 25.0 Å². The Kier molecular flexibility index (Phi) is 6.63. The van der Waals surface area contributed by atoms with Gasteiger partial charge in [-0.1, -0.05) is 13.0 Å². The van der Waals surface area contributed by atoms with Gasteiger partial charge in [-0.3, -0.25) is 19.6 Å². The summed E-state index contributed by atoms with van der Waals surface area (Å²) in [7, 11) is 0. The van der Waals surface area contributed by atoms with Crippen molar-refractivity contribution in [2.45, 2.75) is 19.9 Å². The van der Waals surface area contributed by atoms with Gasteiger partial charge in [-0.25, -0.2) is 0 Å². The molecule has 0 aliphatic heterocycles. The Morgan fingerprint density at radius 1 is 1.18 bits per heavy atom. The number of aliphatic imine (C=N–C) groups is 1. The highest BCUT2D eigenvalue weighted by molar-refractivity contribution is 6.06. The van der Waals surface area contributed by atoms with Gasteiger partial charge in [0.15, 0.2) is 17.3 Å². The number of phenolic OH excluding ortho intramolecular Hbond substituents is 1. The van der Waals surface area contributed by atoms with Crippen LogP contribution in [-0.2, 0) is 6.54 Å². The highest BCUT2D eigenvalue weighted by Crippen LogP contribution is 2.28. The lowest BCUT2D eigenvalue weighted by atomic mass is 10.1. The monoisotopic (exact) mass is 461 g/mol. The minimum Gasteiger partial charge on any atom is -0.504 e. The van der Waals surface area contributed by atoms with Crippen molar-refractivity contribution in [2.24, 2.45) is 4.99 Å². The molecule has 2 aromatic heterocycles. The topological polar surface area (TPSA) is 137 Å². The molecular formula is C25H23N3O6. The highest BCUT2D eigenvalue weighted by atomic mass is 16.5. The number of carbonyl (C=O) groups excluding carboxylic acids is 1. The largest absolute Gasteiger partial charge is 0.504 e. The van der Waals surface area contributed by atoms with Crippen molar-refractivity contribution in [3.63, 3.8) is 0 Å². The first-order valence-corrected chi connectivity index (χ1v) is 10.6. The number of nitrogens with one attached hydrogen (secondary N) is 2. The third kappa shape index (κ3) is 4.93. The molecule has 0 saturated carbocycles. The first-order chi connectivity index (χ1) is 16.5. The number of amides is 1. The molecule has 2 heterocycles. The zero-order valence-corrected chi connectivity index (χ0v) is 18.4. The molecule has 0 unspecified atom stereocenters. The van der Waals surface area contributed by atoms with Crippen LogP contribution in [0.5, 0.6) is 17.4 Å². The van der Waals surface area contributed by atoms with E-state index in [1.165, 1.54) is 18.5 Å². The average molecular weight is 461 g/mol. The molecule has 0 aliphatic rings. The standard InChI is InChI=1S/C25H23N3O6/c1-2-9-33-21-8-5-15(11-20(21)29)13-26-14-19-18-12-16(27-25(32)22-4-3-10-34-22)6-7-17(18)23(30)28-24(19)31/h3-8,10-12,14,29H,2,9,13H2,1H3,(H,27,32)(H2,28,30,31). The third-order valence-corrected chi connectivity index (χ3v) is 5.02. The molecule has 0 fully saturated rings. The lowest BCUT2D eigenvalue weighted by molar-refractivity contribution is 0.0996. The van der Waals surface area contributed by atoms with E-state index in [1.54, 1.807) is 42.5 Å². The van der Waals surface area contributed by atoms with Crippen LogP contribution in [0.4, 0.5) is 5.69 Å². The molecule has 9 heteroatoms. The van der Waals surface area contributed by atoms with E-state index in [0.29, 0.717) is 28.8 Å². The van der Waals surface area contributed by atoms with E-state index >= 15 is 0 Å². The van der Waals surface area contributed by atoms with Crippen LogP contribution in [0.25, 0.3) is 10.8 Å². The summed E-state index contributed by atoms with van der Waals surface area (Å²) in [6.45, 7) is 2.70. The average Bonchev–Trinajstić information content (AvgIpc) is 3.36. The molecule has 0 aliphatic carbocycles. The summed E-state index contributed by atoms with van der Waals surface area (Å²) in [6, 6.07) is 12.9. The summed E-state index contributed by atoms with van der Waals surface area (Å²) < 4.78 is 10.6. The van der Waals surface area contributed by atoms with Gasteiger partial charge in [0.25, 0.3) is 11.5 Å². The van der Waals surface area contributed by atoms with Gasteiger partial charge in [0.1, 0.15) is 0 Å². The molecule has 9 nitrogen and oxygen atoms in total. The maximum atomic E-state index is 12.3. The van der Waals surface area contributed by atoms with Crippen LogP contribution in [0, 0.1) is 0 Å². The van der Waals surface area contributed by atoms with Gasteiger partial charge in [-0.2, -0.15) is 0 Å². The summed E-state index contributed by atoms with van der Waals surface area (Å²) in [6.07, 6.45) is 3.66. The van der Waals surface area contributed by atoms with E-state index in [4.69, 9.17) is 9.15 Å². The Bertz CT molecular complexity index is 1410. The van der Waals surface area contributed by atoms with Gasteiger partial charge in [0.2, 0.25) is 5.88 Å². The van der Waals surface area contributed by atoms with Crippen molar-refractivity contribution in [3.8, 4) is 17.4 Å². The summed E-state index contributed by atoms with van der Waals surface area (Å²) in [5.74, 6) is -0.217. The lowest BCUT2D eigenvalue weighted by Gasteiger charge is -2.09. The number of rotatable bonds is 8. The second-order valence-electron chi connectivity index (χ2n) is 7.53. The van der Waals surface area contributed by atoms with Crippen molar-refractivity contribution in [1.29, 1.82) is 0 Å². The predicted octanol–water partition coefficient (Wildman–Crippen LogP) is 4.19. The predicted molar refractivity (Wildman–Crippen MR) is 128 cm³/mol. The second kappa shape index (κ2) is 9.95. The van der Waals surface area contributed by atoms with Gasteiger partial charge < -0.3 is 24.7 Å². The maximum Gasteiger partial charge on any atom is 0.291 e. The number of anilines is 1. The molecule has 4 N–H and O–H groups in total. The normalized spacial score (nSPS) is 11.2. The highest BCUT2D eigenvalue weighted by Gasteiger charge is 2.13. The number of aromatic hydroxyl groups is 2. The van der Waals surface area contributed by atoms with E-state index in [9.17, 15) is 19.8 Å². The van der Waals surface area contributed by atoms with E-state index in [-0.39, 0.29) is 29.5 Å². The Morgan fingerprint density at radius 2 is 2.03 bits per heavy atom. The third-order valence-electron chi connectivity index (χ3n) is 5.02. The fraction of sp³-hybridized carbons (Fsp3) is 0.160. The number of hydrogen-bond acceptors (Lipinski definition) is 7. The van der Waals surface area contributed by atoms with Crippen molar-refractivity contribution in [3.05, 3.63) is 82.0 Å². The molecule has 4 aromatic rings. The van der Waals surface area contributed by atoms with Crippen molar-refractivity contribution in [1.82, 2.24) is 4.98 Å². The number of ether oxygens (including phenoxy) is 1. The summed E-state index contributed by atoms with van der Waals surface area (Å²) in [5.41, 5.74) is 0.968. The van der Waals surface area contributed by atoms with Crippen LogP contribution in [0.1, 0.15) is 35.0 Å². The van der Waals surface area contributed by atoms with Crippen LogP contribution >= 0.6 is 0 Å². The number of furan rings is 1. The fourth-order valence-corrected chi connectivity index (χ4v) is 3.38. The quantitative estimate of drug-likeness (QED) is 0.290. The number of fused-ring (bicyclic) bond motifs is 1. The van der Waals surface area contributed by atoms with E-state index in [0.717, 1.165) is 12.0 Å². The number of aromatic nitrogens is 1. The van der Waals surface area contributed by atoms with E-state index in [1.807, 2.05) is 6.92 Å². The van der Waals surface area contributed by atoms with Crippen molar-refractivity contribution < 1.29 is 24.2 Å². The zero-order valence-electron chi connectivity index (χ0n) is 18.4. The number of phenols is 1. The molecule has 34 heavy (non-hydrogen) atoms. The molecule has 0 spiro atoms. The molecule has 0 bridgehead atoms. The van der Waals surface area contributed by atoms with E-state index in [2.05, 4.69) is 15.3 Å². The molecule has 174 valence electrons. The van der Waals surface area contributed by atoms with Gasteiger partial charge in [-0.15, -0.1) is 0 Å². The smallest absolute Gasteiger partial charge is 0.291 e. The number of hydrogen-bond donors (Lipinski definition) is 4. The molecule has 0 saturated heterocycles. The number of carbonyl (C=O) groups is 1. The zero-order chi connectivity index (χ0) is 24.1. The summed E-state index contributed by atoms with van der Waals surface area (Å²) in [4.78, 5) is 31.4. The first kappa shape index (κ1) is 22.7. The van der Waals surface area contributed by atoms with Crippen molar-refractivity contribution >= 4 is 28.6 Å². The van der Waals surface area contributed by atoms with Crippen LogP contribution < -0.4 is 15.6 Å². The van der Waals surface area contributed by atoms with Crippen LogP contribution in [0.15, 0.2) is 69.0 Å². The number of nitrogens with zero attached hydrogens (tertiary/aromatic N) is 1. The van der Waals surface area contributed by atoms with Crippen LogP contribution in [0.3, 0.4) is 0 Å². The number of aromatic amines is 1. The SMILES string of the molecule is CCCOc1ccc(CN=Cc2c(O)[nH]c(=O)c3ccc(NC(=O)c4ccco4)cc23)cc1O. The Hall–Kier alpha value is -4.53. The molecule has 0 radical (unpaired) electrons. The fourth-order valence-electron chi connectivity index (χ4n) is 3.38. The van der Waals surface area contributed by atoms with E-state index < -0.39 is 11.5 Å². The van der Waals surface area contributed by atoms with Crippen molar-refractivity contribution in [2.75, 3.05) is 11.9 Å². The second-order valence-corrected chi connectivity index (χ2v) is 7.53. The van der Waals surface area contributed by atoms with Crippen LogP contribution in [0.2, 0.25) is 0 Å². The Morgan fingerprint density at radius 3 is 2.76 bits per heavy atom. The molecule has 2 aromatic carbocycles. The molecular weight excluding hydrogens is 438 g/mol. The van der Waals surface area contributed by atoms with Crippen LogP contribution in [-0.4, -0.2) is 33.9 Å². The first-order valence-electron chi connectivity index (χ1n) is 10.6. The van der Waals surface area contributed by atoms with Gasteiger partial charge >= 0.3 is 0 Å². The lowest BCUT2D eigenvalue weighted by Crippen LogP contribution is -2.12. The minimum absolute atomic E-state index is 0.0235. The number of benzene rings is 2. The molecule has 1 amide bonds. The Balaban J connectivity index is 1.60. The molecule has 4 rings (SSSR count). The van der Waals surface area contributed by atoms with Gasteiger partial charge in [0, 0.05) is 22.7 Å². The number of pyridine rings is 1. The Labute approximate surface area is 194 Å². The summed E-state index contributed by atoms with van der Waals surface area (Å²) >= 11 is 0. The molecule has 0 atom stereocenters. The van der Waals surface area contributed by atoms with Gasteiger partial charge in [-0.05, 0) is 54.4 Å². The minimum atomic E-state index is -0.471. The maximum absolute atomic E-state index is 12.3. The summed E-state index contributed by atoms with van der Waals surface area (Å²) in [5, 5.41) is 23.9. The number of H-pyrrole nitrogens is 1.